The van der Waals surface area contributed by atoms with E-state index in [0.29, 0.717) is 5.92 Å². The van der Waals surface area contributed by atoms with Gasteiger partial charge in [-0.3, -0.25) is 0 Å². The van der Waals surface area contributed by atoms with Crippen LogP contribution < -0.4 is 5.73 Å². The molecule has 0 saturated heterocycles. The van der Waals surface area contributed by atoms with Crippen LogP contribution in [0.3, 0.4) is 0 Å². The molecule has 1 nitrogen and oxygen atoms in total. The van der Waals surface area contributed by atoms with Crippen molar-refractivity contribution in [3.63, 3.8) is 0 Å². The van der Waals surface area contributed by atoms with Gasteiger partial charge in [-0.1, -0.05) is 25.7 Å². The average molecular weight is 173 g/mol. The van der Waals surface area contributed by atoms with Crippen LogP contribution in [0.2, 0.25) is 0 Å². The molecule has 0 spiro atoms. The van der Waals surface area contributed by atoms with Gasteiger partial charge < -0.3 is 5.73 Å². The van der Waals surface area contributed by atoms with Crippen molar-refractivity contribution in [1.82, 2.24) is 0 Å². The molecule has 0 bridgehead atoms. The van der Waals surface area contributed by atoms with Crippen LogP contribution in [0.15, 0.2) is 0 Å². The van der Waals surface area contributed by atoms with Gasteiger partial charge in [0.1, 0.15) is 5.67 Å². The highest BCUT2D eigenvalue weighted by Crippen LogP contribution is 2.30. The van der Waals surface area contributed by atoms with Crippen LogP contribution >= 0.6 is 0 Å². The summed E-state index contributed by atoms with van der Waals surface area (Å²) >= 11 is 0. The van der Waals surface area contributed by atoms with Gasteiger partial charge in [-0.05, 0) is 26.2 Å². The first-order valence-electron chi connectivity index (χ1n) is 4.94. The molecule has 0 heterocycles. The molecule has 2 heteroatoms. The van der Waals surface area contributed by atoms with Crippen LogP contribution in [0.5, 0.6) is 0 Å². The molecule has 2 N–H and O–H groups in total. The fourth-order valence-corrected chi connectivity index (χ4v) is 1.89. The molecule has 1 saturated carbocycles. The van der Waals surface area contributed by atoms with Gasteiger partial charge in [-0.25, -0.2) is 4.39 Å². The van der Waals surface area contributed by atoms with E-state index in [4.69, 9.17) is 5.73 Å². The number of alkyl halides is 1. The summed E-state index contributed by atoms with van der Waals surface area (Å²) in [6.45, 7) is 3.15. The molecule has 1 unspecified atom stereocenters. The predicted octanol–water partition coefficient (Wildman–Crippen LogP) is 2.64. The first kappa shape index (κ1) is 9.97. The van der Waals surface area contributed by atoms with Gasteiger partial charge in [0, 0.05) is 6.04 Å². The number of nitrogens with two attached hydrogens (primary N) is 1. The Balaban J connectivity index is 2.30. The Bertz CT molecular complexity index is 133. The maximum Gasteiger partial charge on any atom is 0.120 e. The van der Waals surface area contributed by atoms with E-state index in [1.54, 1.807) is 13.8 Å². The molecule has 1 fully saturated rings. The van der Waals surface area contributed by atoms with Crippen LogP contribution in [0.25, 0.3) is 0 Å². The van der Waals surface area contributed by atoms with E-state index in [-0.39, 0.29) is 6.04 Å². The molecule has 72 valence electrons. The molecular weight excluding hydrogens is 153 g/mol. The first-order chi connectivity index (χ1) is 5.50. The average Bonchev–Trinajstić information content (AvgIpc) is 2.37. The van der Waals surface area contributed by atoms with Gasteiger partial charge >= 0.3 is 0 Å². The second-order valence-corrected chi connectivity index (χ2v) is 4.56. The Labute approximate surface area is 74.5 Å². The lowest BCUT2D eigenvalue weighted by molar-refractivity contribution is 0.154. The smallest absolute Gasteiger partial charge is 0.120 e. The van der Waals surface area contributed by atoms with Crippen molar-refractivity contribution >= 4 is 0 Å². The van der Waals surface area contributed by atoms with E-state index in [1.165, 1.54) is 25.7 Å². The summed E-state index contributed by atoms with van der Waals surface area (Å²) in [6, 6.07) is -0.277. The molecule has 0 aliphatic heterocycles. The molecule has 0 radical (unpaired) electrons. The number of hydrogen-bond acceptors (Lipinski definition) is 1. The highest BCUT2D eigenvalue weighted by atomic mass is 19.1. The molecule has 0 amide bonds. The quantitative estimate of drug-likeness (QED) is 0.697. The fourth-order valence-electron chi connectivity index (χ4n) is 1.89. The molecule has 0 aromatic carbocycles. The maximum absolute atomic E-state index is 13.3. The molecule has 1 aliphatic rings. The lowest BCUT2D eigenvalue weighted by Gasteiger charge is -2.25. The van der Waals surface area contributed by atoms with Crippen molar-refractivity contribution in [2.45, 2.75) is 57.7 Å². The van der Waals surface area contributed by atoms with Gasteiger partial charge in [-0.2, -0.15) is 0 Å². The van der Waals surface area contributed by atoms with Gasteiger partial charge in [0.25, 0.3) is 0 Å². The van der Waals surface area contributed by atoms with Crippen LogP contribution in [0.1, 0.15) is 46.0 Å². The summed E-state index contributed by atoms with van der Waals surface area (Å²) in [5.74, 6) is 0.690. The second kappa shape index (κ2) is 3.73. The zero-order valence-electron chi connectivity index (χ0n) is 8.15. The zero-order chi connectivity index (χ0) is 9.19. The van der Waals surface area contributed by atoms with E-state index < -0.39 is 5.67 Å². The second-order valence-electron chi connectivity index (χ2n) is 4.56. The monoisotopic (exact) mass is 173 g/mol. The van der Waals surface area contributed by atoms with Crippen molar-refractivity contribution in [1.29, 1.82) is 0 Å². The lowest BCUT2D eigenvalue weighted by atomic mass is 9.90. The number of rotatable bonds is 3. The third-order valence-corrected chi connectivity index (χ3v) is 2.94. The predicted molar refractivity (Wildman–Crippen MR) is 49.7 cm³/mol. The molecule has 1 atom stereocenters. The summed E-state index contributed by atoms with van der Waals surface area (Å²) < 4.78 is 13.3. The Kier molecular flexibility index (Phi) is 3.10. The van der Waals surface area contributed by atoms with E-state index in [9.17, 15) is 4.39 Å². The Morgan fingerprint density at radius 1 is 1.42 bits per heavy atom. The van der Waals surface area contributed by atoms with Gasteiger partial charge in [0.05, 0.1) is 0 Å². The summed E-state index contributed by atoms with van der Waals surface area (Å²) in [5, 5.41) is 0. The Morgan fingerprint density at radius 3 is 2.33 bits per heavy atom. The summed E-state index contributed by atoms with van der Waals surface area (Å²) in [5.41, 5.74) is 4.55. The third-order valence-electron chi connectivity index (χ3n) is 2.94. The Hall–Kier alpha value is -0.110. The van der Waals surface area contributed by atoms with E-state index in [0.717, 1.165) is 6.42 Å². The Morgan fingerprint density at radius 2 is 1.92 bits per heavy atom. The van der Waals surface area contributed by atoms with Crippen molar-refractivity contribution in [2.75, 3.05) is 0 Å². The lowest BCUT2D eigenvalue weighted by Crippen LogP contribution is -2.40. The molecule has 0 aromatic rings. The van der Waals surface area contributed by atoms with Gasteiger partial charge in [0.15, 0.2) is 0 Å². The van der Waals surface area contributed by atoms with Crippen molar-refractivity contribution < 1.29 is 4.39 Å². The van der Waals surface area contributed by atoms with E-state index in [2.05, 4.69) is 0 Å². The van der Waals surface area contributed by atoms with Gasteiger partial charge in [0.2, 0.25) is 0 Å². The molecular formula is C10H20FN. The number of halogens is 1. The number of hydrogen-bond donors (Lipinski definition) is 1. The van der Waals surface area contributed by atoms with Crippen molar-refractivity contribution in [3.8, 4) is 0 Å². The topological polar surface area (TPSA) is 26.0 Å². The van der Waals surface area contributed by atoms with E-state index in [1.807, 2.05) is 0 Å². The highest BCUT2D eigenvalue weighted by Gasteiger charge is 2.28. The zero-order valence-corrected chi connectivity index (χ0v) is 8.15. The van der Waals surface area contributed by atoms with Crippen molar-refractivity contribution in [2.24, 2.45) is 11.7 Å². The third kappa shape index (κ3) is 2.74. The molecule has 1 rings (SSSR count). The summed E-state index contributed by atoms with van der Waals surface area (Å²) in [6.07, 6.45) is 5.99. The van der Waals surface area contributed by atoms with Crippen molar-refractivity contribution in [3.05, 3.63) is 0 Å². The first-order valence-corrected chi connectivity index (χ1v) is 4.94. The normalized spacial score (nSPS) is 23.0. The summed E-state index contributed by atoms with van der Waals surface area (Å²) in [4.78, 5) is 0. The standard InChI is InChI=1S/C10H20FN/c1-10(2,11)9(12)7-8-5-3-4-6-8/h8-9H,3-7,12H2,1-2H3. The van der Waals surface area contributed by atoms with Crippen LogP contribution in [0.4, 0.5) is 4.39 Å². The SMILES string of the molecule is CC(C)(F)C(N)CC1CCCC1. The van der Waals surface area contributed by atoms with E-state index >= 15 is 0 Å². The highest BCUT2D eigenvalue weighted by molar-refractivity contribution is 4.84. The minimum absolute atomic E-state index is 0.277. The fraction of sp³-hybridized carbons (Fsp3) is 1.00. The molecule has 0 aromatic heterocycles. The summed E-state index contributed by atoms with van der Waals surface area (Å²) in [7, 11) is 0. The van der Waals surface area contributed by atoms with Crippen LogP contribution in [-0.4, -0.2) is 11.7 Å². The maximum atomic E-state index is 13.3. The minimum atomic E-state index is -1.21. The van der Waals surface area contributed by atoms with Crippen LogP contribution in [0, 0.1) is 5.92 Å². The molecule has 12 heavy (non-hydrogen) atoms. The minimum Gasteiger partial charge on any atom is -0.325 e. The molecule has 1 aliphatic carbocycles. The van der Waals surface area contributed by atoms with Gasteiger partial charge in [-0.15, -0.1) is 0 Å². The van der Waals surface area contributed by atoms with Crippen LogP contribution in [-0.2, 0) is 0 Å². The largest absolute Gasteiger partial charge is 0.325 e.